The van der Waals surface area contributed by atoms with E-state index in [4.69, 9.17) is 0 Å². The van der Waals surface area contributed by atoms with Crippen LogP contribution in [-0.4, -0.2) is 16.2 Å². The van der Waals surface area contributed by atoms with E-state index in [0.717, 1.165) is 20.4 Å². The molecule has 0 radical (unpaired) electrons. The van der Waals surface area contributed by atoms with Crippen LogP contribution in [0.1, 0.15) is 10.4 Å². The Kier molecular flexibility index (Phi) is 4.45. The van der Waals surface area contributed by atoms with E-state index in [1.165, 1.54) is 18.0 Å². The summed E-state index contributed by atoms with van der Waals surface area (Å²) in [6.45, 7) is 0. The van der Waals surface area contributed by atoms with Gasteiger partial charge in [0.05, 0.1) is 0 Å². The Labute approximate surface area is 145 Å². The first-order chi connectivity index (χ1) is 11.1. The number of carbonyl (C=O) groups is 1. The minimum atomic E-state index is -1.15. The zero-order valence-electron chi connectivity index (χ0n) is 11.8. The molecular weight excluding hydrogens is 378 g/mol. The van der Waals surface area contributed by atoms with E-state index < -0.39 is 5.97 Å². The smallest absolute Gasteiger partial charge is 0.339 e. The maximum atomic E-state index is 11.3. The molecule has 0 aromatic heterocycles. The number of carboxylic acid groups (broad SMARTS) is 1. The van der Waals surface area contributed by atoms with Crippen LogP contribution in [0.4, 0.5) is 5.69 Å². The second-order valence-corrected chi connectivity index (χ2v) is 6.60. The van der Waals surface area contributed by atoms with Gasteiger partial charge in [0, 0.05) is 25.8 Å². The Morgan fingerprint density at radius 3 is 2.35 bits per heavy atom. The zero-order chi connectivity index (χ0) is 16.4. The number of rotatable bonds is 4. The van der Waals surface area contributed by atoms with Crippen molar-refractivity contribution in [2.75, 3.05) is 4.72 Å². The van der Waals surface area contributed by atoms with Crippen LogP contribution < -0.4 is 4.72 Å². The Morgan fingerprint density at radius 1 is 1.04 bits per heavy atom. The van der Waals surface area contributed by atoms with E-state index in [1.807, 2.05) is 36.4 Å². The van der Waals surface area contributed by atoms with Crippen LogP contribution in [0.25, 0.3) is 10.8 Å². The van der Waals surface area contributed by atoms with Crippen molar-refractivity contribution < 1.29 is 15.0 Å². The predicted molar refractivity (Wildman–Crippen MR) is 96.2 cm³/mol. The van der Waals surface area contributed by atoms with Gasteiger partial charge in [-0.05, 0) is 42.3 Å². The number of carboxylic acids is 1. The zero-order valence-corrected chi connectivity index (χ0v) is 14.2. The van der Waals surface area contributed by atoms with E-state index >= 15 is 0 Å². The van der Waals surface area contributed by atoms with Crippen molar-refractivity contribution in [3.63, 3.8) is 0 Å². The van der Waals surface area contributed by atoms with Crippen LogP contribution in [-0.2, 0) is 0 Å². The molecule has 0 aliphatic heterocycles. The molecule has 0 atom stereocenters. The molecule has 0 saturated carbocycles. The van der Waals surface area contributed by atoms with Gasteiger partial charge >= 0.3 is 5.97 Å². The fourth-order valence-corrected chi connectivity index (χ4v) is 3.30. The van der Waals surface area contributed by atoms with Gasteiger partial charge in [-0.1, -0.05) is 40.2 Å². The number of hydrogen-bond acceptors (Lipinski definition) is 4. The average molecular weight is 390 g/mol. The number of hydrogen-bond donors (Lipinski definition) is 3. The molecule has 23 heavy (non-hydrogen) atoms. The highest BCUT2D eigenvalue weighted by Crippen LogP contribution is 2.36. The first-order valence-corrected chi connectivity index (χ1v) is 8.33. The summed E-state index contributed by atoms with van der Waals surface area (Å²) in [4.78, 5) is 12.1. The molecule has 0 fully saturated rings. The van der Waals surface area contributed by atoms with Gasteiger partial charge in [0.15, 0.2) is 0 Å². The maximum absolute atomic E-state index is 11.3. The summed E-state index contributed by atoms with van der Waals surface area (Å²) in [6, 6.07) is 16.3. The standard InChI is InChI=1S/C17H12BrNO3S/c18-10-5-7-11(8-6-10)19-23-15-9-14(17(21)22)16(20)13-4-2-1-3-12(13)15/h1-9,19-20H,(H,21,22). The summed E-state index contributed by atoms with van der Waals surface area (Å²) >= 11 is 4.69. The number of benzene rings is 3. The number of fused-ring (bicyclic) bond motifs is 1. The third-order valence-electron chi connectivity index (χ3n) is 3.33. The summed E-state index contributed by atoms with van der Waals surface area (Å²) in [5.74, 6) is -1.36. The summed E-state index contributed by atoms with van der Waals surface area (Å²) in [6.07, 6.45) is 0. The minimum absolute atomic E-state index is 0.108. The lowest BCUT2D eigenvalue weighted by molar-refractivity contribution is 0.0694. The van der Waals surface area contributed by atoms with Crippen molar-refractivity contribution in [2.24, 2.45) is 0 Å². The van der Waals surface area contributed by atoms with Gasteiger partial charge in [0.1, 0.15) is 11.3 Å². The number of aromatic hydroxyl groups is 1. The molecule has 3 aromatic carbocycles. The quantitative estimate of drug-likeness (QED) is 0.539. The molecule has 3 aromatic rings. The van der Waals surface area contributed by atoms with Crippen molar-refractivity contribution in [1.29, 1.82) is 0 Å². The van der Waals surface area contributed by atoms with Crippen molar-refractivity contribution in [1.82, 2.24) is 0 Å². The van der Waals surface area contributed by atoms with E-state index in [0.29, 0.717) is 5.39 Å². The lowest BCUT2D eigenvalue weighted by Crippen LogP contribution is -1.99. The summed E-state index contributed by atoms with van der Waals surface area (Å²) in [7, 11) is 0. The molecule has 0 aliphatic carbocycles. The highest BCUT2D eigenvalue weighted by Gasteiger charge is 2.16. The number of phenols is 1. The van der Waals surface area contributed by atoms with Crippen LogP contribution in [0.3, 0.4) is 0 Å². The first kappa shape index (κ1) is 15.7. The van der Waals surface area contributed by atoms with E-state index in [1.54, 1.807) is 12.1 Å². The topological polar surface area (TPSA) is 69.6 Å². The third kappa shape index (κ3) is 3.28. The van der Waals surface area contributed by atoms with Crippen molar-refractivity contribution >= 4 is 50.3 Å². The van der Waals surface area contributed by atoms with Gasteiger partial charge in [-0.3, -0.25) is 0 Å². The molecule has 6 heteroatoms. The fraction of sp³-hybridized carbons (Fsp3) is 0. The van der Waals surface area contributed by atoms with Gasteiger partial charge in [-0.15, -0.1) is 0 Å². The van der Waals surface area contributed by atoms with Crippen LogP contribution >= 0.6 is 27.9 Å². The maximum Gasteiger partial charge on any atom is 0.339 e. The molecule has 0 saturated heterocycles. The summed E-state index contributed by atoms with van der Waals surface area (Å²) in [5, 5.41) is 20.7. The number of halogens is 1. The van der Waals surface area contributed by atoms with Gasteiger partial charge < -0.3 is 14.9 Å². The second kappa shape index (κ2) is 6.52. The van der Waals surface area contributed by atoms with Crippen molar-refractivity contribution in [3.05, 3.63) is 64.6 Å². The monoisotopic (exact) mass is 389 g/mol. The Bertz CT molecular complexity index is 881. The molecule has 0 aliphatic rings. The molecular formula is C17H12BrNO3S. The molecule has 0 heterocycles. The Balaban J connectivity index is 2.00. The van der Waals surface area contributed by atoms with E-state index in [-0.39, 0.29) is 11.3 Å². The third-order valence-corrected chi connectivity index (χ3v) is 4.76. The minimum Gasteiger partial charge on any atom is -0.506 e. The molecule has 3 N–H and O–H groups in total. The number of anilines is 1. The van der Waals surface area contributed by atoms with Crippen LogP contribution in [0, 0.1) is 0 Å². The second-order valence-electron chi connectivity index (χ2n) is 4.83. The Hall–Kier alpha value is -2.18. The molecule has 116 valence electrons. The lowest BCUT2D eigenvalue weighted by atomic mass is 10.1. The van der Waals surface area contributed by atoms with E-state index in [9.17, 15) is 15.0 Å². The molecule has 0 spiro atoms. The predicted octanol–water partition coefficient (Wildman–Crippen LogP) is 5.13. The SMILES string of the molecule is O=C(O)c1cc(SNc2ccc(Br)cc2)c2ccccc2c1O. The molecule has 3 rings (SSSR count). The van der Waals surface area contributed by atoms with Crippen molar-refractivity contribution in [2.45, 2.75) is 4.90 Å². The van der Waals surface area contributed by atoms with Gasteiger partial charge in [-0.25, -0.2) is 4.79 Å². The van der Waals surface area contributed by atoms with Crippen LogP contribution in [0.2, 0.25) is 0 Å². The number of aromatic carboxylic acids is 1. The molecule has 0 amide bonds. The van der Waals surface area contributed by atoms with Gasteiger partial charge in [-0.2, -0.15) is 0 Å². The normalized spacial score (nSPS) is 10.7. The highest BCUT2D eigenvalue weighted by molar-refractivity contribution is 9.10. The summed E-state index contributed by atoms with van der Waals surface area (Å²) in [5.41, 5.74) is 0.788. The summed E-state index contributed by atoms with van der Waals surface area (Å²) < 4.78 is 4.17. The molecule has 4 nitrogen and oxygen atoms in total. The average Bonchev–Trinajstić information content (AvgIpc) is 2.55. The molecule has 0 unspecified atom stereocenters. The Morgan fingerprint density at radius 2 is 1.70 bits per heavy atom. The lowest BCUT2D eigenvalue weighted by Gasteiger charge is -2.11. The number of nitrogens with one attached hydrogen (secondary N) is 1. The first-order valence-electron chi connectivity index (χ1n) is 6.72. The highest BCUT2D eigenvalue weighted by atomic mass is 79.9. The van der Waals surface area contributed by atoms with Crippen LogP contribution in [0.15, 0.2) is 64.0 Å². The van der Waals surface area contributed by atoms with Gasteiger partial charge in [0.25, 0.3) is 0 Å². The van der Waals surface area contributed by atoms with Gasteiger partial charge in [0.2, 0.25) is 0 Å². The largest absolute Gasteiger partial charge is 0.506 e. The fourth-order valence-electron chi connectivity index (χ4n) is 2.21. The van der Waals surface area contributed by atoms with E-state index in [2.05, 4.69) is 20.7 Å². The molecule has 0 bridgehead atoms. The van der Waals surface area contributed by atoms with Crippen molar-refractivity contribution in [3.8, 4) is 5.75 Å². The van der Waals surface area contributed by atoms with Crippen LogP contribution in [0.5, 0.6) is 5.75 Å².